The molecule has 0 aliphatic rings. The van der Waals surface area contributed by atoms with Gasteiger partial charge in [0.25, 0.3) is 5.91 Å². The highest BCUT2D eigenvalue weighted by atomic mass is 19.1. The second kappa shape index (κ2) is 7.26. The minimum atomic E-state index is -0.563. The normalized spacial score (nSPS) is 9.40. The third-order valence-electron chi connectivity index (χ3n) is 2.48. The minimum Gasteiger partial charge on any atom is -0.468 e. The average molecular weight is 278 g/mol. The molecule has 0 aromatic heterocycles. The van der Waals surface area contributed by atoms with E-state index in [1.54, 1.807) is 0 Å². The van der Waals surface area contributed by atoms with Gasteiger partial charge in [0.15, 0.2) is 0 Å². The second-order valence-electron chi connectivity index (χ2n) is 3.93. The highest BCUT2D eigenvalue weighted by molar-refractivity contribution is 5.98. The molecule has 0 spiro atoms. The summed E-state index contributed by atoms with van der Waals surface area (Å²) < 4.78 is 17.8. The first kappa shape index (κ1) is 15.7. The third-order valence-corrected chi connectivity index (χ3v) is 2.48. The zero-order valence-corrected chi connectivity index (χ0v) is 11.3. The lowest BCUT2D eigenvalue weighted by Crippen LogP contribution is -2.33. The summed E-state index contributed by atoms with van der Waals surface area (Å²) in [6.45, 7) is -0.0986. The van der Waals surface area contributed by atoms with E-state index in [9.17, 15) is 14.0 Å². The van der Waals surface area contributed by atoms with Crippen LogP contribution >= 0.6 is 0 Å². The van der Waals surface area contributed by atoms with Crippen molar-refractivity contribution in [1.82, 2.24) is 4.90 Å². The van der Waals surface area contributed by atoms with Crippen LogP contribution in [0.3, 0.4) is 0 Å². The highest BCUT2D eigenvalue weighted by Crippen LogP contribution is 2.13. The molecule has 2 N–H and O–H groups in total. The van der Waals surface area contributed by atoms with Crippen LogP contribution in [0.15, 0.2) is 18.2 Å². The van der Waals surface area contributed by atoms with Crippen LogP contribution in [0.25, 0.3) is 0 Å². The number of amides is 1. The molecule has 0 radical (unpaired) electrons. The monoisotopic (exact) mass is 278 g/mol. The Kier molecular flexibility index (Phi) is 5.69. The Bertz CT molecular complexity index is 576. The number of esters is 1. The Morgan fingerprint density at radius 1 is 1.45 bits per heavy atom. The van der Waals surface area contributed by atoms with E-state index in [1.165, 1.54) is 26.3 Å². The number of benzene rings is 1. The zero-order chi connectivity index (χ0) is 15.1. The van der Waals surface area contributed by atoms with Crippen molar-refractivity contribution in [3.63, 3.8) is 0 Å². The van der Waals surface area contributed by atoms with Gasteiger partial charge in [0.1, 0.15) is 12.4 Å². The number of likely N-dealkylation sites (N-methyl/N-ethyl adjacent to an activating group) is 1. The number of methoxy groups -OCH3 is 1. The van der Waals surface area contributed by atoms with Gasteiger partial charge in [-0.15, -0.1) is 0 Å². The summed E-state index contributed by atoms with van der Waals surface area (Å²) in [6.07, 6.45) is 0. The molecule has 0 bridgehead atoms. The van der Waals surface area contributed by atoms with E-state index in [0.29, 0.717) is 5.56 Å². The summed E-state index contributed by atoms with van der Waals surface area (Å²) in [4.78, 5) is 24.5. The summed E-state index contributed by atoms with van der Waals surface area (Å²) in [5.74, 6) is 3.66. The molecule has 6 heteroatoms. The van der Waals surface area contributed by atoms with E-state index in [-0.39, 0.29) is 18.7 Å². The molecule has 5 nitrogen and oxygen atoms in total. The summed E-state index contributed by atoms with van der Waals surface area (Å²) >= 11 is 0. The molecular formula is C14H15FN2O3. The van der Waals surface area contributed by atoms with E-state index < -0.39 is 17.7 Å². The fraction of sp³-hybridized carbons (Fsp3) is 0.286. The Morgan fingerprint density at radius 2 is 2.15 bits per heavy atom. The fourth-order valence-corrected chi connectivity index (χ4v) is 1.48. The first-order chi connectivity index (χ1) is 9.49. The molecule has 0 heterocycles. The van der Waals surface area contributed by atoms with Crippen LogP contribution in [-0.4, -0.2) is 44.0 Å². The Balaban J connectivity index is 3.07. The quantitative estimate of drug-likeness (QED) is 0.641. The largest absolute Gasteiger partial charge is 0.468 e. The summed E-state index contributed by atoms with van der Waals surface area (Å²) in [7, 11) is 2.64. The average Bonchev–Trinajstić information content (AvgIpc) is 2.44. The van der Waals surface area contributed by atoms with Gasteiger partial charge in [0.2, 0.25) is 0 Å². The van der Waals surface area contributed by atoms with Crippen LogP contribution in [0.4, 0.5) is 4.39 Å². The van der Waals surface area contributed by atoms with Crippen LogP contribution in [0.1, 0.15) is 15.9 Å². The number of halogens is 1. The van der Waals surface area contributed by atoms with Gasteiger partial charge >= 0.3 is 5.97 Å². The van der Waals surface area contributed by atoms with Gasteiger partial charge in [-0.1, -0.05) is 11.8 Å². The van der Waals surface area contributed by atoms with Crippen molar-refractivity contribution in [1.29, 1.82) is 0 Å². The van der Waals surface area contributed by atoms with Crippen molar-refractivity contribution >= 4 is 11.9 Å². The molecule has 1 amide bonds. The van der Waals surface area contributed by atoms with Crippen LogP contribution in [0, 0.1) is 17.7 Å². The smallest absolute Gasteiger partial charge is 0.325 e. The molecule has 0 aliphatic carbocycles. The lowest BCUT2D eigenvalue weighted by Gasteiger charge is -2.16. The number of carbonyl (C=O) groups is 2. The molecule has 20 heavy (non-hydrogen) atoms. The molecule has 0 fully saturated rings. The maximum atomic E-state index is 13.3. The zero-order valence-electron chi connectivity index (χ0n) is 11.3. The molecule has 0 aliphatic heterocycles. The number of hydrogen-bond donors (Lipinski definition) is 1. The number of carbonyl (C=O) groups excluding carboxylic acids is 2. The van der Waals surface area contributed by atoms with Gasteiger partial charge in [0, 0.05) is 12.6 Å². The van der Waals surface area contributed by atoms with Crippen molar-refractivity contribution in [3.8, 4) is 11.8 Å². The summed E-state index contributed by atoms with van der Waals surface area (Å²) in [5.41, 5.74) is 5.71. The van der Waals surface area contributed by atoms with E-state index >= 15 is 0 Å². The van der Waals surface area contributed by atoms with Crippen molar-refractivity contribution in [2.75, 3.05) is 27.2 Å². The van der Waals surface area contributed by atoms with Gasteiger partial charge < -0.3 is 15.4 Å². The van der Waals surface area contributed by atoms with Gasteiger partial charge in [-0.3, -0.25) is 9.59 Å². The second-order valence-corrected chi connectivity index (χ2v) is 3.93. The molecular weight excluding hydrogens is 263 g/mol. The molecule has 106 valence electrons. The number of hydrogen-bond acceptors (Lipinski definition) is 4. The van der Waals surface area contributed by atoms with Crippen molar-refractivity contribution < 1.29 is 18.7 Å². The molecule has 0 atom stereocenters. The lowest BCUT2D eigenvalue weighted by atomic mass is 10.1. The molecule has 0 saturated carbocycles. The van der Waals surface area contributed by atoms with Crippen molar-refractivity contribution in [3.05, 3.63) is 35.1 Å². The maximum Gasteiger partial charge on any atom is 0.325 e. The molecule has 0 unspecified atom stereocenters. The molecule has 1 rings (SSSR count). The standard InChI is InChI=1S/C14H15FN2O3/c1-17(9-13(18)20-2)14(19)12-8-11(15)6-5-10(12)4-3-7-16/h5-6,8H,7,9,16H2,1-2H3. The van der Waals surface area contributed by atoms with Crippen LogP contribution in [0.2, 0.25) is 0 Å². The number of nitrogens with two attached hydrogens (primary N) is 1. The Hall–Kier alpha value is -2.39. The number of ether oxygens (including phenoxy) is 1. The van der Waals surface area contributed by atoms with Crippen LogP contribution in [-0.2, 0) is 9.53 Å². The summed E-state index contributed by atoms with van der Waals surface area (Å²) in [5, 5.41) is 0. The SMILES string of the molecule is COC(=O)CN(C)C(=O)c1cc(F)ccc1C#CCN. The first-order valence-electron chi connectivity index (χ1n) is 5.80. The van der Waals surface area contributed by atoms with Gasteiger partial charge in [-0.2, -0.15) is 0 Å². The predicted molar refractivity (Wildman–Crippen MR) is 71.3 cm³/mol. The maximum absolute atomic E-state index is 13.3. The molecule has 0 saturated heterocycles. The topological polar surface area (TPSA) is 72.6 Å². The first-order valence-corrected chi connectivity index (χ1v) is 5.80. The van der Waals surface area contributed by atoms with Crippen molar-refractivity contribution in [2.24, 2.45) is 5.73 Å². The Morgan fingerprint density at radius 3 is 2.75 bits per heavy atom. The van der Waals surface area contributed by atoms with E-state index in [0.717, 1.165) is 11.0 Å². The summed E-state index contributed by atoms with van der Waals surface area (Å²) in [6, 6.07) is 3.69. The minimum absolute atomic E-state index is 0.0809. The molecule has 1 aromatic carbocycles. The number of nitrogens with zero attached hydrogens (tertiary/aromatic N) is 1. The Labute approximate surface area is 116 Å². The van der Waals surface area contributed by atoms with E-state index in [2.05, 4.69) is 16.6 Å². The predicted octanol–water partition coefficient (Wildman–Crippen LogP) is 0.381. The van der Waals surface area contributed by atoms with Crippen LogP contribution < -0.4 is 5.73 Å². The van der Waals surface area contributed by atoms with Crippen LogP contribution in [0.5, 0.6) is 0 Å². The molecule has 1 aromatic rings. The number of rotatable bonds is 3. The van der Waals surface area contributed by atoms with Gasteiger partial charge in [-0.25, -0.2) is 4.39 Å². The van der Waals surface area contributed by atoms with Crippen molar-refractivity contribution in [2.45, 2.75) is 0 Å². The fourth-order valence-electron chi connectivity index (χ4n) is 1.48. The van der Waals surface area contributed by atoms with Gasteiger partial charge in [-0.05, 0) is 18.2 Å². The highest BCUT2D eigenvalue weighted by Gasteiger charge is 2.18. The van der Waals surface area contributed by atoms with E-state index in [1.807, 2.05) is 0 Å². The lowest BCUT2D eigenvalue weighted by molar-refractivity contribution is -0.141. The van der Waals surface area contributed by atoms with Gasteiger partial charge in [0.05, 0.1) is 19.2 Å². The van der Waals surface area contributed by atoms with E-state index in [4.69, 9.17) is 5.73 Å². The third kappa shape index (κ3) is 4.07.